The molecule has 0 aromatic rings. The zero-order valence-electron chi connectivity index (χ0n) is 9.26. The van der Waals surface area contributed by atoms with Gasteiger partial charge in [-0.3, -0.25) is 0 Å². The first kappa shape index (κ1) is 16.0. The molecule has 0 aliphatic heterocycles. The molecule has 98 valence electrons. The Hall–Kier alpha value is -1.02. The molecule has 0 aromatic carbocycles. The van der Waals surface area contributed by atoms with E-state index in [1.54, 1.807) is 5.43 Å². The zero-order valence-corrected chi connectivity index (χ0v) is 10.8. The van der Waals surface area contributed by atoms with Crippen LogP contribution in [0.15, 0.2) is 5.29 Å². The lowest BCUT2D eigenvalue weighted by Crippen LogP contribution is -2.49. The minimum Gasteiger partial charge on any atom is -0.480 e. The Morgan fingerprint density at radius 3 is 2.65 bits per heavy atom. The number of rotatable bonds is 8. The lowest BCUT2D eigenvalue weighted by Gasteiger charge is -2.26. The highest BCUT2D eigenvalue weighted by Gasteiger charge is 2.28. The summed E-state index contributed by atoms with van der Waals surface area (Å²) < 4.78 is 0. The molecule has 0 spiro atoms. The lowest BCUT2D eigenvalue weighted by atomic mass is 10.2. The second-order valence-electron chi connectivity index (χ2n) is 3.03. The molecule has 2 N–H and O–H groups in total. The van der Waals surface area contributed by atoms with Gasteiger partial charge in [-0.05, 0) is 18.4 Å². The topological polar surface area (TPSA) is 99.1 Å². The maximum atomic E-state index is 11.4. The van der Waals surface area contributed by atoms with E-state index in [2.05, 4.69) is 5.29 Å². The number of alkyl halides is 1. The standard InChI is InChI=1S/C8H14ClN3O4S/c1-17-5-2-6(7(13)14)12(4-3-9)8(15)10-11-16/h6H,2-5H2,1H3,(H,13,14)(H,10,15,16)/t6-/m0/s1. The smallest absolute Gasteiger partial charge is 0.341 e. The number of carbonyl (C=O) groups excluding carboxylic acids is 1. The molecule has 7 nitrogen and oxygen atoms in total. The summed E-state index contributed by atoms with van der Waals surface area (Å²) in [4.78, 5) is 33.4. The Kier molecular flexibility index (Phi) is 8.51. The molecule has 0 radical (unpaired) electrons. The van der Waals surface area contributed by atoms with E-state index in [1.165, 1.54) is 11.8 Å². The largest absolute Gasteiger partial charge is 0.480 e. The lowest BCUT2D eigenvalue weighted by molar-refractivity contribution is -0.142. The second kappa shape index (κ2) is 9.06. The van der Waals surface area contributed by atoms with Gasteiger partial charge in [-0.25, -0.2) is 9.59 Å². The summed E-state index contributed by atoms with van der Waals surface area (Å²) in [6.45, 7) is 0.0360. The maximum absolute atomic E-state index is 11.4. The van der Waals surface area contributed by atoms with Crippen molar-refractivity contribution in [2.75, 3.05) is 24.4 Å². The molecular formula is C8H14ClN3O4S. The highest BCUT2D eigenvalue weighted by molar-refractivity contribution is 7.98. The predicted molar refractivity (Wildman–Crippen MR) is 66.2 cm³/mol. The molecule has 0 saturated heterocycles. The van der Waals surface area contributed by atoms with Gasteiger partial charge in [0, 0.05) is 12.4 Å². The molecule has 9 heteroatoms. The van der Waals surface area contributed by atoms with Gasteiger partial charge in [0.05, 0.1) is 5.29 Å². The Morgan fingerprint density at radius 1 is 1.59 bits per heavy atom. The molecule has 0 bridgehead atoms. The van der Waals surface area contributed by atoms with Crippen LogP contribution >= 0.6 is 23.4 Å². The van der Waals surface area contributed by atoms with Gasteiger partial charge in [0.15, 0.2) is 0 Å². The van der Waals surface area contributed by atoms with Crippen LogP contribution < -0.4 is 5.43 Å². The molecule has 0 unspecified atom stereocenters. The van der Waals surface area contributed by atoms with E-state index >= 15 is 0 Å². The van der Waals surface area contributed by atoms with E-state index in [1.807, 2.05) is 6.26 Å². The van der Waals surface area contributed by atoms with Crippen molar-refractivity contribution < 1.29 is 14.7 Å². The normalized spacial score (nSPS) is 11.6. The number of thioether (sulfide) groups is 1. The van der Waals surface area contributed by atoms with Crippen molar-refractivity contribution in [3.63, 3.8) is 0 Å². The molecular weight excluding hydrogens is 270 g/mol. The van der Waals surface area contributed by atoms with Gasteiger partial charge >= 0.3 is 12.0 Å². The highest BCUT2D eigenvalue weighted by Crippen LogP contribution is 2.10. The van der Waals surface area contributed by atoms with Gasteiger partial charge < -0.3 is 10.0 Å². The number of nitrogens with one attached hydrogen (secondary N) is 1. The fourth-order valence-electron chi connectivity index (χ4n) is 1.24. The summed E-state index contributed by atoms with van der Waals surface area (Å²) in [5, 5.41) is 11.3. The summed E-state index contributed by atoms with van der Waals surface area (Å²) in [5.74, 6) is -0.474. The number of amides is 2. The molecule has 0 saturated carbocycles. The van der Waals surface area contributed by atoms with Crippen molar-refractivity contribution in [3.05, 3.63) is 4.91 Å². The van der Waals surface area contributed by atoms with E-state index in [0.717, 1.165) is 4.90 Å². The van der Waals surface area contributed by atoms with E-state index in [9.17, 15) is 14.5 Å². The molecule has 0 fully saturated rings. The molecule has 0 aliphatic carbocycles. The molecule has 0 heterocycles. The number of halogens is 1. The van der Waals surface area contributed by atoms with Crippen molar-refractivity contribution in [2.24, 2.45) is 5.29 Å². The third kappa shape index (κ3) is 5.73. The average Bonchev–Trinajstić information content (AvgIpc) is 2.28. The number of nitrogens with zero attached hydrogens (tertiary/aromatic N) is 2. The fraction of sp³-hybridized carbons (Fsp3) is 0.750. The highest BCUT2D eigenvalue weighted by atomic mass is 35.5. The van der Waals surface area contributed by atoms with Crippen molar-refractivity contribution in [2.45, 2.75) is 12.5 Å². The van der Waals surface area contributed by atoms with Crippen LogP contribution in [-0.4, -0.2) is 52.5 Å². The summed E-state index contributed by atoms with van der Waals surface area (Å²) in [7, 11) is 0. The Morgan fingerprint density at radius 2 is 2.24 bits per heavy atom. The number of aliphatic carboxylic acids is 1. The first-order valence-electron chi connectivity index (χ1n) is 4.75. The molecule has 0 aliphatic rings. The number of hydrogen-bond acceptors (Lipinski definition) is 5. The maximum Gasteiger partial charge on any atom is 0.341 e. The number of carbonyl (C=O) groups is 2. The van der Waals surface area contributed by atoms with Crippen LogP contribution in [0.25, 0.3) is 0 Å². The number of carboxylic acids is 1. The molecule has 1 atom stereocenters. The third-order valence-electron chi connectivity index (χ3n) is 1.98. The Balaban J connectivity index is 4.74. The van der Waals surface area contributed by atoms with Crippen LogP contribution in [0, 0.1) is 4.91 Å². The van der Waals surface area contributed by atoms with Gasteiger partial charge in [-0.2, -0.15) is 17.2 Å². The summed E-state index contributed by atoms with van der Waals surface area (Å²) in [5.41, 5.74) is 1.67. The van der Waals surface area contributed by atoms with Crippen LogP contribution in [0.4, 0.5) is 4.79 Å². The second-order valence-corrected chi connectivity index (χ2v) is 4.39. The molecule has 0 aromatic heterocycles. The van der Waals surface area contributed by atoms with Crippen molar-refractivity contribution in [1.82, 2.24) is 10.3 Å². The van der Waals surface area contributed by atoms with Crippen molar-refractivity contribution >= 4 is 35.4 Å². The molecule has 2 amide bonds. The minimum absolute atomic E-state index is 0.0360. The quantitative estimate of drug-likeness (QED) is 0.395. The van der Waals surface area contributed by atoms with Gasteiger partial charge in [0.1, 0.15) is 6.04 Å². The van der Waals surface area contributed by atoms with Crippen molar-refractivity contribution in [1.29, 1.82) is 0 Å². The summed E-state index contributed by atoms with van der Waals surface area (Å²) in [6.07, 6.45) is 2.11. The minimum atomic E-state index is -1.13. The van der Waals surface area contributed by atoms with E-state index in [0.29, 0.717) is 5.75 Å². The number of hydrogen-bond donors (Lipinski definition) is 2. The van der Waals surface area contributed by atoms with Crippen molar-refractivity contribution in [3.8, 4) is 0 Å². The first-order valence-corrected chi connectivity index (χ1v) is 6.68. The van der Waals surface area contributed by atoms with Crippen LogP contribution in [0.5, 0.6) is 0 Å². The number of urea groups is 1. The van der Waals surface area contributed by atoms with E-state index in [4.69, 9.17) is 16.7 Å². The summed E-state index contributed by atoms with van der Waals surface area (Å²) in [6, 6.07) is -1.86. The van der Waals surface area contributed by atoms with Gasteiger partial charge in [-0.1, -0.05) is 0 Å². The Labute approximate surface area is 108 Å². The van der Waals surface area contributed by atoms with Gasteiger partial charge in [0.25, 0.3) is 0 Å². The van der Waals surface area contributed by atoms with Gasteiger partial charge in [-0.15, -0.1) is 16.5 Å². The average molecular weight is 284 g/mol. The van der Waals surface area contributed by atoms with Crippen LogP contribution in [-0.2, 0) is 4.79 Å². The van der Waals surface area contributed by atoms with E-state index in [-0.39, 0.29) is 18.8 Å². The predicted octanol–water partition coefficient (Wildman–Crippen LogP) is 1.12. The monoisotopic (exact) mass is 283 g/mol. The first-order chi connectivity index (χ1) is 8.08. The Bertz CT molecular complexity index is 279. The van der Waals surface area contributed by atoms with Crippen LogP contribution in [0.2, 0.25) is 0 Å². The number of carboxylic acid groups (broad SMARTS) is 1. The number of nitroso groups, excluding NO2 is 1. The van der Waals surface area contributed by atoms with Crippen LogP contribution in [0.3, 0.4) is 0 Å². The molecule has 17 heavy (non-hydrogen) atoms. The third-order valence-corrected chi connectivity index (χ3v) is 2.80. The van der Waals surface area contributed by atoms with Gasteiger partial charge in [0.2, 0.25) is 0 Å². The van der Waals surface area contributed by atoms with E-state index < -0.39 is 18.0 Å². The van der Waals surface area contributed by atoms with Crippen LogP contribution in [0.1, 0.15) is 6.42 Å². The zero-order chi connectivity index (χ0) is 13.3. The summed E-state index contributed by atoms with van der Waals surface area (Å²) >= 11 is 6.96. The molecule has 0 rings (SSSR count). The fourth-order valence-corrected chi connectivity index (χ4v) is 1.88. The SMILES string of the molecule is CSCC[C@@H](C(=O)O)N(CCCl)C(=O)NN=O.